The highest BCUT2D eigenvalue weighted by Gasteiger charge is 2.10. The lowest BCUT2D eigenvalue weighted by Crippen LogP contribution is -2.29. The van der Waals surface area contributed by atoms with Crippen LogP contribution in [0.5, 0.6) is 0 Å². The molecular weight excluding hydrogens is 238 g/mol. The summed E-state index contributed by atoms with van der Waals surface area (Å²) in [6.07, 6.45) is 9.93. The Balaban J connectivity index is 0.00000128. The molecule has 1 aromatic heterocycles. The van der Waals surface area contributed by atoms with Crippen molar-refractivity contribution in [3.8, 4) is 0 Å². The van der Waals surface area contributed by atoms with Gasteiger partial charge in [-0.3, -0.25) is 0 Å². The third-order valence-corrected chi connectivity index (χ3v) is 4.01. The van der Waals surface area contributed by atoms with Crippen molar-refractivity contribution in [1.82, 2.24) is 5.32 Å². The first-order valence-corrected chi connectivity index (χ1v) is 7.14. The lowest BCUT2D eigenvalue weighted by atomic mass is 9.96. The molecule has 0 atom stereocenters. The molecule has 2 rings (SSSR count). The molecule has 0 aromatic carbocycles. The van der Waals surface area contributed by atoms with Gasteiger partial charge in [-0.2, -0.15) is 11.3 Å². The highest BCUT2D eigenvalue weighted by molar-refractivity contribution is 7.07. The lowest BCUT2D eigenvalue weighted by Gasteiger charge is -2.20. The summed E-state index contributed by atoms with van der Waals surface area (Å²) in [5.74, 6) is 0. The summed E-state index contributed by atoms with van der Waals surface area (Å²) in [5, 5.41) is 8.11. The molecule has 1 saturated carbocycles. The fraction of sp³-hybridized carbons (Fsp3) is 0.692. The SMILES string of the molecule is Cl.c1cc(CNC2CCCCCCC2)cs1. The summed E-state index contributed by atoms with van der Waals surface area (Å²) in [5.41, 5.74) is 1.45. The summed E-state index contributed by atoms with van der Waals surface area (Å²) in [4.78, 5) is 0. The molecule has 1 heterocycles. The predicted molar refractivity (Wildman–Crippen MR) is 74.5 cm³/mol. The molecule has 0 saturated heterocycles. The normalized spacial score (nSPS) is 18.5. The molecular formula is C13H22ClNS. The van der Waals surface area contributed by atoms with Crippen LogP contribution < -0.4 is 5.32 Å². The van der Waals surface area contributed by atoms with Gasteiger partial charge in [0.2, 0.25) is 0 Å². The second-order valence-corrected chi connectivity index (χ2v) is 5.33. The molecule has 1 aromatic rings. The van der Waals surface area contributed by atoms with Crippen molar-refractivity contribution in [2.75, 3.05) is 0 Å². The van der Waals surface area contributed by atoms with E-state index in [-0.39, 0.29) is 12.4 Å². The maximum atomic E-state index is 3.70. The highest BCUT2D eigenvalue weighted by atomic mass is 35.5. The molecule has 0 bridgehead atoms. The number of nitrogens with one attached hydrogen (secondary N) is 1. The molecule has 1 aliphatic rings. The van der Waals surface area contributed by atoms with Gasteiger partial charge in [-0.25, -0.2) is 0 Å². The minimum absolute atomic E-state index is 0. The first-order chi connectivity index (χ1) is 7.45. The van der Waals surface area contributed by atoms with Crippen LogP contribution >= 0.6 is 23.7 Å². The summed E-state index contributed by atoms with van der Waals surface area (Å²) in [7, 11) is 0. The Morgan fingerprint density at radius 3 is 2.44 bits per heavy atom. The Bertz CT molecular complexity index is 253. The van der Waals surface area contributed by atoms with Gasteiger partial charge < -0.3 is 5.32 Å². The van der Waals surface area contributed by atoms with Crippen LogP contribution in [0.4, 0.5) is 0 Å². The fourth-order valence-corrected chi connectivity index (χ4v) is 2.98. The van der Waals surface area contributed by atoms with E-state index in [1.165, 1.54) is 50.5 Å². The lowest BCUT2D eigenvalue weighted by molar-refractivity contribution is 0.389. The first-order valence-electron chi connectivity index (χ1n) is 6.19. The fourth-order valence-electron chi connectivity index (χ4n) is 2.32. The highest BCUT2D eigenvalue weighted by Crippen LogP contribution is 2.17. The Kier molecular flexibility index (Phi) is 7.10. The maximum Gasteiger partial charge on any atom is 0.0216 e. The standard InChI is InChI=1S/C13H21NS.ClH/c1-2-4-6-13(7-5-3-1)14-10-12-8-9-15-11-12;/h8-9,11,13-14H,1-7,10H2;1H. The number of halogens is 1. The van der Waals surface area contributed by atoms with E-state index in [2.05, 4.69) is 22.1 Å². The second kappa shape index (κ2) is 8.10. The van der Waals surface area contributed by atoms with Crippen molar-refractivity contribution in [2.45, 2.75) is 57.5 Å². The molecule has 92 valence electrons. The van der Waals surface area contributed by atoms with Gasteiger partial charge in [0.25, 0.3) is 0 Å². The minimum Gasteiger partial charge on any atom is -0.310 e. The number of rotatable bonds is 3. The van der Waals surface area contributed by atoms with Crippen molar-refractivity contribution < 1.29 is 0 Å². The summed E-state index contributed by atoms with van der Waals surface area (Å²) in [6.45, 7) is 1.06. The smallest absolute Gasteiger partial charge is 0.0216 e. The average molecular weight is 260 g/mol. The van der Waals surface area contributed by atoms with E-state index < -0.39 is 0 Å². The third kappa shape index (κ3) is 4.86. The largest absolute Gasteiger partial charge is 0.310 e. The zero-order valence-corrected chi connectivity index (χ0v) is 11.4. The Hall–Kier alpha value is -0.0500. The molecule has 1 N–H and O–H groups in total. The van der Waals surface area contributed by atoms with Crippen LogP contribution in [0.25, 0.3) is 0 Å². The van der Waals surface area contributed by atoms with Gasteiger partial charge in [0.15, 0.2) is 0 Å². The van der Waals surface area contributed by atoms with E-state index in [1.54, 1.807) is 11.3 Å². The first kappa shape index (κ1) is 14.0. The molecule has 0 radical (unpaired) electrons. The number of thiophene rings is 1. The quantitative estimate of drug-likeness (QED) is 0.850. The Morgan fingerprint density at radius 2 is 1.81 bits per heavy atom. The van der Waals surface area contributed by atoms with Gasteiger partial charge in [0.05, 0.1) is 0 Å². The van der Waals surface area contributed by atoms with E-state index >= 15 is 0 Å². The van der Waals surface area contributed by atoms with Crippen LogP contribution in [0.2, 0.25) is 0 Å². The van der Waals surface area contributed by atoms with Crippen molar-refractivity contribution in [3.63, 3.8) is 0 Å². The van der Waals surface area contributed by atoms with Crippen LogP contribution in [0.15, 0.2) is 16.8 Å². The Morgan fingerprint density at radius 1 is 1.12 bits per heavy atom. The monoisotopic (exact) mass is 259 g/mol. The van der Waals surface area contributed by atoms with Gasteiger partial charge in [0, 0.05) is 12.6 Å². The molecule has 0 amide bonds. The van der Waals surface area contributed by atoms with Gasteiger partial charge >= 0.3 is 0 Å². The molecule has 3 heteroatoms. The molecule has 16 heavy (non-hydrogen) atoms. The molecule has 1 fully saturated rings. The van der Waals surface area contributed by atoms with Crippen molar-refractivity contribution in [1.29, 1.82) is 0 Å². The van der Waals surface area contributed by atoms with Gasteiger partial charge in [-0.05, 0) is 35.2 Å². The summed E-state index contributed by atoms with van der Waals surface area (Å²) in [6, 6.07) is 2.99. The van der Waals surface area contributed by atoms with Gasteiger partial charge in [-0.1, -0.05) is 32.1 Å². The number of hydrogen-bond acceptors (Lipinski definition) is 2. The van der Waals surface area contributed by atoms with E-state index in [9.17, 15) is 0 Å². The molecule has 0 unspecified atom stereocenters. The van der Waals surface area contributed by atoms with Crippen molar-refractivity contribution >= 4 is 23.7 Å². The van der Waals surface area contributed by atoms with Crippen molar-refractivity contribution in [2.24, 2.45) is 0 Å². The van der Waals surface area contributed by atoms with Crippen LogP contribution in [-0.4, -0.2) is 6.04 Å². The van der Waals surface area contributed by atoms with Crippen LogP contribution in [0.1, 0.15) is 50.5 Å². The second-order valence-electron chi connectivity index (χ2n) is 4.55. The topological polar surface area (TPSA) is 12.0 Å². The predicted octanol–water partition coefficient (Wildman–Crippen LogP) is 4.37. The van der Waals surface area contributed by atoms with E-state index in [1.807, 2.05) is 0 Å². The molecule has 0 spiro atoms. The van der Waals surface area contributed by atoms with Crippen LogP contribution in [0, 0.1) is 0 Å². The summed E-state index contributed by atoms with van der Waals surface area (Å²) < 4.78 is 0. The van der Waals surface area contributed by atoms with Crippen LogP contribution in [-0.2, 0) is 6.54 Å². The number of hydrogen-bond donors (Lipinski definition) is 1. The van der Waals surface area contributed by atoms with Gasteiger partial charge in [-0.15, -0.1) is 12.4 Å². The Labute approximate surface area is 109 Å². The molecule has 0 aliphatic heterocycles. The third-order valence-electron chi connectivity index (χ3n) is 3.28. The van der Waals surface area contributed by atoms with E-state index in [0.717, 1.165) is 12.6 Å². The molecule has 1 nitrogen and oxygen atoms in total. The van der Waals surface area contributed by atoms with Crippen molar-refractivity contribution in [3.05, 3.63) is 22.4 Å². The van der Waals surface area contributed by atoms with E-state index in [4.69, 9.17) is 0 Å². The minimum atomic E-state index is 0. The zero-order valence-electron chi connectivity index (χ0n) is 9.78. The average Bonchev–Trinajstić information content (AvgIpc) is 2.68. The van der Waals surface area contributed by atoms with E-state index in [0.29, 0.717) is 0 Å². The molecule has 1 aliphatic carbocycles. The van der Waals surface area contributed by atoms with Gasteiger partial charge in [0.1, 0.15) is 0 Å². The van der Waals surface area contributed by atoms with Crippen LogP contribution in [0.3, 0.4) is 0 Å². The summed E-state index contributed by atoms with van der Waals surface area (Å²) >= 11 is 1.79. The zero-order chi connectivity index (χ0) is 10.3. The maximum absolute atomic E-state index is 3.70.